The second kappa shape index (κ2) is 8.56. The van der Waals surface area contributed by atoms with Crippen LogP contribution in [0.1, 0.15) is 33.6 Å². The Kier molecular flexibility index (Phi) is 6.33. The molecule has 0 bridgehead atoms. The summed E-state index contributed by atoms with van der Waals surface area (Å²) in [5.41, 5.74) is 1.63. The molecule has 1 aromatic carbocycles. The van der Waals surface area contributed by atoms with E-state index in [0.29, 0.717) is 6.04 Å². The highest BCUT2D eigenvalue weighted by Gasteiger charge is 2.36. The van der Waals surface area contributed by atoms with E-state index in [2.05, 4.69) is 33.4 Å². The highest BCUT2D eigenvalue weighted by molar-refractivity contribution is 5.85. The van der Waals surface area contributed by atoms with Gasteiger partial charge in [0.05, 0.1) is 18.2 Å². The maximum atomic E-state index is 13.0. The Labute approximate surface area is 169 Å². The summed E-state index contributed by atoms with van der Waals surface area (Å²) in [5, 5.41) is 0. The summed E-state index contributed by atoms with van der Waals surface area (Å²) in [6.07, 6.45) is 2.25. The summed E-state index contributed by atoms with van der Waals surface area (Å²) in [6, 6.07) is 8.69. The number of para-hydroxylation sites is 2. The molecule has 5 heteroatoms. The highest BCUT2D eigenvalue weighted by Crippen LogP contribution is 2.31. The molecule has 0 radical (unpaired) electrons. The van der Waals surface area contributed by atoms with Crippen LogP contribution in [0.25, 0.3) is 0 Å². The lowest BCUT2D eigenvalue weighted by atomic mass is 9.84. The Balaban J connectivity index is 1.60. The van der Waals surface area contributed by atoms with Gasteiger partial charge in [0, 0.05) is 45.3 Å². The van der Waals surface area contributed by atoms with Gasteiger partial charge >= 0.3 is 0 Å². The normalized spacial score (nSPS) is 21.5. The Morgan fingerprint density at radius 3 is 2.46 bits per heavy atom. The summed E-state index contributed by atoms with van der Waals surface area (Å²) in [6.45, 7) is 15.7. The molecule has 0 aromatic heterocycles. The SMILES string of the molecule is C=C(C)C(C)(C)C(=O)N1CCC[C@@H](N2CCN(c3ccccc3OC)CC2)C1. The van der Waals surface area contributed by atoms with Gasteiger partial charge in [0.2, 0.25) is 5.91 Å². The maximum Gasteiger partial charge on any atom is 0.232 e. The number of amides is 1. The Morgan fingerprint density at radius 2 is 1.82 bits per heavy atom. The third kappa shape index (κ3) is 4.19. The summed E-state index contributed by atoms with van der Waals surface area (Å²) < 4.78 is 5.53. The molecule has 154 valence electrons. The third-order valence-electron chi connectivity index (χ3n) is 6.54. The fraction of sp³-hybridized carbons (Fsp3) is 0.609. The van der Waals surface area contributed by atoms with Crippen molar-refractivity contribution >= 4 is 11.6 Å². The predicted molar refractivity (Wildman–Crippen MR) is 115 cm³/mol. The molecule has 2 fully saturated rings. The van der Waals surface area contributed by atoms with Crippen molar-refractivity contribution in [3.05, 3.63) is 36.4 Å². The van der Waals surface area contributed by atoms with Gasteiger partial charge in [0.15, 0.2) is 0 Å². The van der Waals surface area contributed by atoms with Gasteiger partial charge in [-0.1, -0.05) is 24.3 Å². The van der Waals surface area contributed by atoms with Gasteiger partial charge in [-0.3, -0.25) is 9.69 Å². The topological polar surface area (TPSA) is 36.0 Å². The monoisotopic (exact) mass is 385 g/mol. The molecule has 0 N–H and O–H groups in total. The number of anilines is 1. The summed E-state index contributed by atoms with van der Waals surface area (Å²) in [7, 11) is 1.73. The van der Waals surface area contributed by atoms with Gasteiger partial charge in [-0.15, -0.1) is 0 Å². The van der Waals surface area contributed by atoms with Crippen molar-refractivity contribution in [1.29, 1.82) is 0 Å². The predicted octanol–water partition coefficient (Wildman–Crippen LogP) is 3.41. The number of piperidine rings is 1. The van der Waals surface area contributed by atoms with Crippen LogP contribution < -0.4 is 9.64 Å². The number of nitrogens with zero attached hydrogens (tertiary/aromatic N) is 3. The fourth-order valence-corrected chi connectivity index (χ4v) is 4.23. The van der Waals surface area contributed by atoms with Crippen LogP contribution in [0.3, 0.4) is 0 Å². The molecule has 2 aliphatic heterocycles. The molecule has 1 amide bonds. The molecule has 2 saturated heterocycles. The summed E-state index contributed by atoms with van der Waals surface area (Å²) in [5.74, 6) is 1.16. The van der Waals surface area contributed by atoms with E-state index in [9.17, 15) is 4.79 Å². The zero-order valence-electron chi connectivity index (χ0n) is 17.9. The Morgan fingerprint density at radius 1 is 1.14 bits per heavy atom. The van der Waals surface area contributed by atoms with Gasteiger partial charge < -0.3 is 14.5 Å². The van der Waals surface area contributed by atoms with E-state index in [1.807, 2.05) is 32.9 Å². The quantitative estimate of drug-likeness (QED) is 0.728. The minimum absolute atomic E-state index is 0.220. The first kappa shape index (κ1) is 20.7. The van der Waals surface area contributed by atoms with Crippen LogP contribution in [0.5, 0.6) is 5.75 Å². The highest BCUT2D eigenvalue weighted by atomic mass is 16.5. The first-order chi connectivity index (χ1) is 13.3. The van der Waals surface area contributed by atoms with Crippen LogP contribution in [-0.4, -0.2) is 68.1 Å². The molecule has 0 spiro atoms. The first-order valence-corrected chi connectivity index (χ1v) is 10.4. The Bertz CT molecular complexity index is 708. The molecule has 2 heterocycles. The second-order valence-corrected chi connectivity index (χ2v) is 8.65. The molecule has 2 aliphatic rings. The van der Waals surface area contributed by atoms with Gasteiger partial charge in [0.25, 0.3) is 0 Å². The average Bonchev–Trinajstić information content (AvgIpc) is 2.73. The molecule has 28 heavy (non-hydrogen) atoms. The molecule has 5 nitrogen and oxygen atoms in total. The number of ether oxygens (including phenoxy) is 1. The van der Waals surface area contributed by atoms with E-state index in [1.165, 1.54) is 12.1 Å². The van der Waals surface area contributed by atoms with E-state index in [-0.39, 0.29) is 5.91 Å². The number of benzene rings is 1. The number of carbonyl (C=O) groups excluding carboxylic acids is 1. The van der Waals surface area contributed by atoms with Gasteiger partial charge in [-0.05, 0) is 45.7 Å². The van der Waals surface area contributed by atoms with Crippen LogP contribution in [0.4, 0.5) is 5.69 Å². The molecule has 0 unspecified atom stereocenters. The number of carbonyl (C=O) groups is 1. The lowest BCUT2D eigenvalue weighted by molar-refractivity contribution is -0.140. The van der Waals surface area contributed by atoms with Crippen LogP contribution in [-0.2, 0) is 4.79 Å². The number of hydrogen-bond acceptors (Lipinski definition) is 4. The van der Waals surface area contributed by atoms with Crippen molar-refractivity contribution in [3.63, 3.8) is 0 Å². The number of likely N-dealkylation sites (tertiary alicyclic amines) is 1. The molecule has 1 aromatic rings. The lowest BCUT2D eigenvalue weighted by Crippen LogP contribution is -2.57. The Hall–Kier alpha value is -2.01. The van der Waals surface area contributed by atoms with Gasteiger partial charge in [-0.25, -0.2) is 0 Å². The van der Waals surface area contributed by atoms with Crippen molar-refractivity contribution in [3.8, 4) is 5.75 Å². The molecule has 0 aliphatic carbocycles. The third-order valence-corrected chi connectivity index (χ3v) is 6.54. The van der Waals surface area contributed by atoms with E-state index in [0.717, 1.165) is 57.0 Å². The van der Waals surface area contributed by atoms with E-state index < -0.39 is 5.41 Å². The molecule has 0 saturated carbocycles. The van der Waals surface area contributed by atoms with Gasteiger partial charge in [0.1, 0.15) is 5.75 Å². The zero-order valence-corrected chi connectivity index (χ0v) is 17.9. The van der Waals surface area contributed by atoms with Crippen molar-refractivity contribution in [2.45, 2.75) is 39.7 Å². The summed E-state index contributed by atoms with van der Waals surface area (Å²) in [4.78, 5) is 20.1. The molecular formula is C23H35N3O2. The van der Waals surface area contributed by atoms with Crippen molar-refractivity contribution in [1.82, 2.24) is 9.80 Å². The molecule has 3 rings (SSSR count). The smallest absolute Gasteiger partial charge is 0.232 e. The van der Waals surface area contributed by atoms with Gasteiger partial charge in [-0.2, -0.15) is 0 Å². The number of hydrogen-bond donors (Lipinski definition) is 0. The van der Waals surface area contributed by atoms with Crippen molar-refractivity contribution < 1.29 is 9.53 Å². The number of rotatable bonds is 5. The van der Waals surface area contributed by atoms with Crippen LogP contribution in [0.2, 0.25) is 0 Å². The summed E-state index contributed by atoms with van der Waals surface area (Å²) >= 11 is 0. The fourth-order valence-electron chi connectivity index (χ4n) is 4.23. The number of methoxy groups -OCH3 is 1. The maximum absolute atomic E-state index is 13.0. The zero-order chi connectivity index (χ0) is 20.3. The van der Waals surface area contributed by atoms with Crippen molar-refractivity contribution in [2.75, 3.05) is 51.3 Å². The van der Waals surface area contributed by atoms with Crippen LogP contribution in [0, 0.1) is 5.41 Å². The molecule has 1 atom stereocenters. The lowest BCUT2D eigenvalue weighted by Gasteiger charge is -2.45. The van der Waals surface area contributed by atoms with Crippen molar-refractivity contribution in [2.24, 2.45) is 5.41 Å². The van der Waals surface area contributed by atoms with E-state index >= 15 is 0 Å². The standard InChI is InChI=1S/C23H35N3O2/c1-18(2)23(3,4)22(27)26-12-8-9-19(17-26)24-13-15-25(16-14-24)20-10-6-7-11-21(20)28-5/h6-7,10-11,19H,1,8-9,12-17H2,2-5H3/t19-/m1/s1. The van der Waals surface area contributed by atoms with Crippen LogP contribution >= 0.6 is 0 Å². The van der Waals surface area contributed by atoms with Crippen LogP contribution in [0.15, 0.2) is 36.4 Å². The molecular weight excluding hydrogens is 350 g/mol. The largest absolute Gasteiger partial charge is 0.495 e. The average molecular weight is 386 g/mol. The minimum atomic E-state index is -0.482. The van der Waals surface area contributed by atoms with E-state index in [1.54, 1.807) is 7.11 Å². The first-order valence-electron chi connectivity index (χ1n) is 10.4. The minimum Gasteiger partial charge on any atom is -0.495 e. The second-order valence-electron chi connectivity index (χ2n) is 8.65. The van der Waals surface area contributed by atoms with E-state index in [4.69, 9.17) is 4.74 Å². The number of piperazine rings is 1.